The van der Waals surface area contributed by atoms with E-state index in [1.165, 1.54) is 12.1 Å². The van der Waals surface area contributed by atoms with Crippen molar-refractivity contribution in [2.75, 3.05) is 26.0 Å². The van der Waals surface area contributed by atoms with E-state index >= 15 is 0 Å². The Labute approximate surface area is 154 Å². The number of carbonyl (C=O) groups is 1. The Morgan fingerprint density at radius 3 is 2.04 bits per heavy atom. The summed E-state index contributed by atoms with van der Waals surface area (Å²) in [5, 5.41) is -0.503. The maximum atomic E-state index is 12.5. The molecular weight excluding hydrogens is 352 g/mol. The Hall–Kier alpha value is -2.48. The standard InChI is InChI=1S/C18H24N4O3S/c1-13(2)26(24,25)16-8-6-15(7-9-16)17(23)22(5)12-14-10-19-18(20-11-14)21(3)4/h6-11,13H,12H2,1-5H3. The molecule has 0 saturated heterocycles. The van der Waals surface area contributed by atoms with E-state index in [0.29, 0.717) is 18.1 Å². The minimum Gasteiger partial charge on any atom is -0.347 e. The summed E-state index contributed by atoms with van der Waals surface area (Å²) in [6.07, 6.45) is 3.37. The average Bonchev–Trinajstić information content (AvgIpc) is 2.61. The lowest BCUT2D eigenvalue weighted by Gasteiger charge is -2.18. The van der Waals surface area contributed by atoms with E-state index in [1.54, 1.807) is 55.2 Å². The zero-order valence-electron chi connectivity index (χ0n) is 15.7. The third-order valence-electron chi connectivity index (χ3n) is 3.91. The predicted octanol–water partition coefficient (Wildman–Crippen LogP) is 2.00. The number of nitrogens with zero attached hydrogens (tertiary/aromatic N) is 4. The second kappa shape index (κ2) is 7.82. The van der Waals surface area contributed by atoms with Crippen LogP contribution in [0, 0.1) is 0 Å². The topological polar surface area (TPSA) is 83.5 Å². The van der Waals surface area contributed by atoms with Crippen molar-refractivity contribution in [3.8, 4) is 0 Å². The fraction of sp³-hybridized carbons (Fsp3) is 0.389. The second-order valence-corrected chi connectivity index (χ2v) is 9.07. The Bertz CT molecular complexity index is 860. The first-order valence-corrected chi connectivity index (χ1v) is 9.75. The average molecular weight is 376 g/mol. The second-order valence-electron chi connectivity index (χ2n) is 6.57. The minimum atomic E-state index is -3.34. The van der Waals surface area contributed by atoms with Crippen molar-refractivity contribution >= 4 is 21.7 Å². The van der Waals surface area contributed by atoms with E-state index in [0.717, 1.165) is 5.56 Å². The molecule has 0 N–H and O–H groups in total. The van der Waals surface area contributed by atoms with Crippen LogP contribution >= 0.6 is 0 Å². The SMILES string of the molecule is CC(C)S(=O)(=O)c1ccc(C(=O)N(C)Cc2cnc(N(C)C)nc2)cc1. The molecule has 26 heavy (non-hydrogen) atoms. The third kappa shape index (κ3) is 4.37. The molecule has 0 radical (unpaired) electrons. The Kier molecular flexibility index (Phi) is 5.97. The van der Waals surface area contributed by atoms with Crippen molar-refractivity contribution in [2.24, 2.45) is 0 Å². The molecule has 7 nitrogen and oxygen atoms in total. The molecule has 0 aliphatic rings. The summed E-state index contributed by atoms with van der Waals surface area (Å²) in [4.78, 5) is 24.6. The molecule has 0 spiro atoms. The summed E-state index contributed by atoms with van der Waals surface area (Å²) in [5.41, 5.74) is 1.24. The molecule has 1 aromatic heterocycles. The van der Waals surface area contributed by atoms with Crippen molar-refractivity contribution in [2.45, 2.75) is 30.5 Å². The van der Waals surface area contributed by atoms with Crippen LogP contribution in [0.5, 0.6) is 0 Å². The van der Waals surface area contributed by atoms with Crippen LogP contribution in [-0.4, -0.2) is 55.6 Å². The fourth-order valence-corrected chi connectivity index (χ4v) is 3.35. The van der Waals surface area contributed by atoms with Crippen LogP contribution in [0.15, 0.2) is 41.6 Å². The summed E-state index contributed by atoms with van der Waals surface area (Å²) in [7, 11) is 2.05. The number of sulfone groups is 1. The van der Waals surface area contributed by atoms with Gasteiger partial charge >= 0.3 is 0 Å². The van der Waals surface area contributed by atoms with Gasteiger partial charge in [0.25, 0.3) is 5.91 Å². The smallest absolute Gasteiger partial charge is 0.253 e. The number of anilines is 1. The van der Waals surface area contributed by atoms with Crippen molar-refractivity contribution in [1.29, 1.82) is 0 Å². The van der Waals surface area contributed by atoms with Crippen molar-refractivity contribution < 1.29 is 13.2 Å². The Balaban J connectivity index is 2.10. The Morgan fingerprint density at radius 1 is 1.04 bits per heavy atom. The van der Waals surface area contributed by atoms with Crippen LogP contribution in [0.3, 0.4) is 0 Å². The number of benzene rings is 1. The summed E-state index contributed by atoms with van der Waals surface area (Å²) in [5.74, 6) is 0.403. The van der Waals surface area contributed by atoms with Crippen LogP contribution in [0.25, 0.3) is 0 Å². The van der Waals surface area contributed by atoms with Crippen LogP contribution in [0.4, 0.5) is 5.95 Å². The van der Waals surface area contributed by atoms with E-state index in [-0.39, 0.29) is 10.8 Å². The molecule has 0 atom stereocenters. The molecule has 0 saturated carbocycles. The van der Waals surface area contributed by atoms with Gasteiger partial charge in [0, 0.05) is 51.2 Å². The molecule has 1 heterocycles. The summed E-state index contributed by atoms with van der Waals surface area (Å²) < 4.78 is 24.3. The van der Waals surface area contributed by atoms with Gasteiger partial charge in [-0.05, 0) is 38.1 Å². The number of aromatic nitrogens is 2. The number of rotatable bonds is 6. The first-order valence-electron chi connectivity index (χ1n) is 8.20. The van der Waals surface area contributed by atoms with E-state index in [1.807, 2.05) is 14.1 Å². The zero-order valence-corrected chi connectivity index (χ0v) is 16.5. The molecular formula is C18H24N4O3S. The highest BCUT2D eigenvalue weighted by Gasteiger charge is 2.20. The number of carbonyl (C=O) groups excluding carboxylic acids is 1. The molecule has 2 rings (SSSR count). The molecule has 1 amide bonds. The third-order valence-corrected chi connectivity index (χ3v) is 6.08. The summed E-state index contributed by atoms with van der Waals surface area (Å²) in [6, 6.07) is 6.04. The monoisotopic (exact) mass is 376 g/mol. The van der Waals surface area contributed by atoms with Crippen LogP contribution in [-0.2, 0) is 16.4 Å². The van der Waals surface area contributed by atoms with Gasteiger partial charge in [-0.2, -0.15) is 0 Å². The van der Waals surface area contributed by atoms with Gasteiger partial charge in [-0.3, -0.25) is 4.79 Å². The number of hydrogen-bond donors (Lipinski definition) is 0. The lowest BCUT2D eigenvalue weighted by atomic mass is 10.2. The normalized spacial score (nSPS) is 11.5. The lowest BCUT2D eigenvalue weighted by Crippen LogP contribution is -2.26. The molecule has 0 unspecified atom stereocenters. The van der Waals surface area contributed by atoms with Gasteiger partial charge in [0.1, 0.15) is 0 Å². The zero-order chi connectivity index (χ0) is 19.5. The Morgan fingerprint density at radius 2 is 1.58 bits per heavy atom. The maximum absolute atomic E-state index is 12.5. The quantitative estimate of drug-likeness (QED) is 0.767. The van der Waals surface area contributed by atoms with Gasteiger partial charge in [-0.25, -0.2) is 18.4 Å². The van der Waals surface area contributed by atoms with Crippen LogP contribution < -0.4 is 4.90 Å². The number of amides is 1. The predicted molar refractivity (Wildman–Crippen MR) is 101 cm³/mol. The summed E-state index contributed by atoms with van der Waals surface area (Å²) in [6.45, 7) is 3.62. The lowest BCUT2D eigenvalue weighted by molar-refractivity contribution is 0.0785. The van der Waals surface area contributed by atoms with Crippen molar-refractivity contribution in [3.05, 3.63) is 47.8 Å². The summed E-state index contributed by atoms with van der Waals surface area (Å²) >= 11 is 0. The van der Waals surface area contributed by atoms with Crippen LogP contribution in [0.1, 0.15) is 29.8 Å². The van der Waals surface area contributed by atoms with Gasteiger partial charge in [0.05, 0.1) is 10.1 Å². The molecule has 0 aliphatic heterocycles. The highest BCUT2D eigenvalue weighted by Crippen LogP contribution is 2.17. The molecule has 0 aliphatic carbocycles. The van der Waals surface area contributed by atoms with Gasteiger partial charge in [-0.15, -0.1) is 0 Å². The van der Waals surface area contributed by atoms with Crippen molar-refractivity contribution in [3.63, 3.8) is 0 Å². The highest BCUT2D eigenvalue weighted by molar-refractivity contribution is 7.92. The van der Waals surface area contributed by atoms with Crippen LogP contribution in [0.2, 0.25) is 0 Å². The largest absolute Gasteiger partial charge is 0.347 e. The van der Waals surface area contributed by atoms with Gasteiger partial charge < -0.3 is 9.80 Å². The molecule has 0 fully saturated rings. The van der Waals surface area contributed by atoms with Crippen molar-refractivity contribution in [1.82, 2.24) is 14.9 Å². The molecule has 140 valence electrons. The van der Waals surface area contributed by atoms with E-state index < -0.39 is 15.1 Å². The highest BCUT2D eigenvalue weighted by atomic mass is 32.2. The maximum Gasteiger partial charge on any atom is 0.253 e. The minimum absolute atomic E-state index is 0.199. The van der Waals surface area contributed by atoms with E-state index in [2.05, 4.69) is 9.97 Å². The van der Waals surface area contributed by atoms with Gasteiger partial charge in [0.15, 0.2) is 9.84 Å². The molecule has 8 heteroatoms. The van der Waals surface area contributed by atoms with E-state index in [4.69, 9.17) is 0 Å². The number of hydrogen-bond acceptors (Lipinski definition) is 6. The molecule has 2 aromatic rings. The van der Waals surface area contributed by atoms with Gasteiger partial charge in [0.2, 0.25) is 5.95 Å². The van der Waals surface area contributed by atoms with Gasteiger partial charge in [-0.1, -0.05) is 0 Å². The first-order chi connectivity index (χ1) is 12.1. The first kappa shape index (κ1) is 19.8. The molecule has 1 aromatic carbocycles. The van der Waals surface area contributed by atoms with E-state index in [9.17, 15) is 13.2 Å². The fourth-order valence-electron chi connectivity index (χ4n) is 2.29. The molecule has 0 bridgehead atoms.